The van der Waals surface area contributed by atoms with Crippen LogP contribution in [0.2, 0.25) is 0 Å². The number of methoxy groups -OCH3 is 1. The maximum atomic E-state index is 5.32. The molecule has 70 valence electrons. The molecule has 0 amide bonds. The van der Waals surface area contributed by atoms with Gasteiger partial charge in [0.25, 0.3) is 0 Å². The first-order chi connectivity index (χ1) is 6.36. The lowest BCUT2D eigenvalue weighted by molar-refractivity contribution is 0.171. The van der Waals surface area contributed by atoms with Crippen LogP contribution in [-0.2, 0) is 6.42 Å². The first-order valence-corrected chi connectivity index (χ1v) is 4.32. The molecule has 0 saturated heterocycles. The highest BCUT2D eigenvalue weighted by Crippen LogP contribution is 2.42. The summed E-state index contributed by atoms with van der Waals surface area (Å²) in [5.41, 5.74) is 1.15. The summed E-state index contributed by atoms with van der Waals surface area (Å²) in [5, 5.41) is 0. The molecule has 3 nitrogen and oxygen atoms in total. The van der Waals surface area contributed by atoms with E-state index in [-0.39, 0.29) is 0 Å². The Morgan fingerprint density at radius 3 is 2.92 bits per heavy atom. The van der Waals surface area contributed by atoms with E-state index in [0.29, 0.717) is 6.79 Å². The SMILES string of the molecule is CCc1ccc2c(c1OC)OCO2. The molecule has 0 bridgehead atoms. The molecule has 0 fully saturated rings. The first kappa shape index (κ1) is 8.23. The predicted molar refractivity (Wildman–Crippen MR) is 48.5 cm³/mol. The molecule has 0 spiro atoms. The molecule has 1 aliphatic heterocycles. The minimum absolute atomic E-state index is 0.291. The van der Waals surface area contributed by atoms with Gasteiger partial charge in [-0.25, -0.2) is 0 Å². The summed E-state index contributed by atoms with van der Waals surface area (Å²) in [6.45, 7) is 2.37. The largest absolute Gasteiger partial charge is 0.492 e. The topological polar surface area (TPSA) is 27.7 Å². The lowest BCUT2D eigenvalue weighted by atomic mass is 10.1. The molecular formula is C10H12O3. The monoisotopic (exact) mass is 180 g/mol. The highest BCUT2D eigenvalue weighted by Gasteiger charge is 2.20. The van der Waals surface area contributed by atoms with Crippen LogP contribution in [0.4, 0.5) is 0 Å². The van der Waals surface area contributed by atoms with Gasteiger partial charge in [-0.2, -0.15) is 0 Å². The normalized spacial score (nSPS) is 13.1. The smallest absolute Gasteiger partial charge is 0.231 e. The van der Waals surface area contributed by atoms with E-state index in [1.807, 2.05) is 12.1 Å². The van der Waals surface area contributed by atoms with Crippen molar-refractivity contribution in [1.29, 1.82) is 0 Å². The van der Waals surface area contributed by atoms with Gasteiger partial charge in [-0.1, -0.05) is 13.0 Å². The van der Waals surface area contributed by atoms with Crippen molar-refractivity contribution in [2.45, 2.75) is 13.3 Å². The number of rotatable bonds is 2. The lowest BCUT2D eigenvalue weighted by Gasteiger charge is -2.08. The van der Waals surface area contributed by atoms with Crippen LogP contribution in [-0.4, -0.2) is 13.9 Å². The van der Waals surface area contributed by atoms with Gasteiger partial charge in [0.2, 0.25) is 12.5 Å². The fraction of sp³-hybridized carbons (Fsp3) is 0.400. The molecule has 13 heavy (non-hydrogen) atoms. The number of fused-ring (bicyclic) bond motifs is 1. The van der Waals surface area contributed by atoms with Gasteiger partial charge in [0.15, 0.2) is 11.5 Å². The molecule has 0 saturated carbocycles. The van der Waals surface area contributed by atoms with E-state index in [9.17, 15) is 0 Å². The van der Waals surface area contributed by atoms with Crippen molar-refractivity contribution < 1.29 is 14.2 Å². The van der Waals surface area contributed by atoms with E-state index in [0.717, 1.165) is 29.2 Å². The summed E-state index contributed by atoms with van der Waals surface area (Å²) in [7, 11) is 1.65. The third-order valence-electron chi connectivity index (χ3n) is 2.16. The zero-order chi connectivity index (χ0) is 9.26. The summed E-state index contributed by atoms with van der Waals surface area (Å²) in [6.07, 6.45) is 0.930. The van der Waals surface area contributed by atoms with Crippen molar-refractivity contribution in [3.63, 3.8) is 0 Å². The molecule has 0 aromatic heterocycles. The van der Waals surface area contributed by atoms with Crippen LogP contribution < -0.4 is 14.2 Å². The average molecular weight is 180 g/mol. The van der Waals surface area contributed by atoms with E-state index < -0.39 is 0 Å². The van der Waals surface area contributed by atoms with Crippen LogP contribution in [0.1, 0.15) is 12.5 Å². The summed E-state index contributed by atoms with van der Waals surface area (Å²) in [4.78, 5) is 0. The average Bonchev–Trinajstić information content (AvgIpc) is 2.63. The highest BCUT2D eigenvalue weighted by molar-refractivity contribution is 5.56. The van der Waals surface area contributed by atoms with Gasteiger partial charge >= 0.3 is 0 Å². The minimum atomic E-state index is 0.291. The molecule has 0 aliphatic carbocycles. The number of ether oxygens (including phenoxy) is 3. The second-order valence-corrected chi connectivity index (χ2v) is 2.85. The van der Waals surface area contributed by atoms with Gasteiger partial charge in [-0.3, -0.25) is 0 Å². The highest BCUT2D eigenvalue weighted by atomic mass is 16.7. The van der Waals surface area contributed by atoms with E-state index in [4.69, 9.17) is 14.2 Å². The zero-order valence-electron chi connectivity index (χ0n) is 7.79. The molecular weight excluding hydrogens is 168 g/mol. The van der Waals surface area contributed by atoms with Crippen molar-refractivity contribution in [3.8, 4) is 17.2 Å². The van der Waals surface area contributed by atoms with Gasteiger partial charge in [0.1, 0.15) is 0 Å². The van der Waals surface area contributed by atoms with Crippen LogP contribution >= 0.6 is 0 Å². The first-order valence-electron chi connectivity index (χ1n) is 4.32. The Morgan fingerprint density at radius 1 is 1.38 bits per heavy atom. The summed E-state index contributed by atoms with van der Waals surface area (Å²) in [6, 6.07) is 3.93. The Kier molecular flexibility index (Phi) is 2.00. The molecule has 1 aromatic rings. The maximum Gasteiger partial charge on any atom is 0.231 e. The molecule has 0 unspecified atom stereocenters. The van der Waals surface area contributed by atoms with Crippen molar-refractivity contribution >= 4 is 0 Å². The van der Waals surface area contributed by atoms with E-state index in [2.05, 4.69) is 6.92 Å². The standard InChI is InChI=1S/C10H12O3/c1-3-7-4-5-8-10(9(7)11-2)13-6-12-8/h4-5H,3,6H2,1-2H3. The van der Waals surface area contributed by atoms with E-state index >= 15 is 0 Å². The molecule has 1 aromatic carbocycles. The fourth-order valence-electron chi connectivity index (χ4n) is 1.49. The number of hydrogen-bond donors (Lipinski definition) is 0. The number of hydrogen-bond acceptors (Lipinski definition) is 3. The Hall–Kier alpha value is -1.38. The third kappa shape index (κ3) is 1.20. The molecule has 0 radical (unpaired) electrons. The summed E-state index contributed by atoms with van der Waals surface area (Å²) < 4.78 is 15.8. The lowest BCUT2D eigenvalue weighted by Crippen LogP contribution is -1.95. The third-order valence-corrected chi connectivity index (χ3v) is 2.16. The molecule has 1 heterocycles. The Balaban J connectivity index is 2.53. The predicted octanol–water partition coefficient (Wildman–Crippen LogP) is 1.99. The van der Waals surface area contributed by atoms with Crippen molar-refractivity contribution in [2.75, 3.05) is 13.9 Å². The Labute approximate surface area is 77.2 Å². The quantitative estimate of drug-likeness (QED) is 0.696. The minimum Gasteiger partial charge on any atom is -0.492 e. The van der Waals surface area contributed by atoms with Crippen LogP contribution in [0, 0.1) is 0 Å². The molecule has 0 atom stereocenters. The van der Waals surface area contributed by atoms with Crippen LogP contribution in [0.5, 0.6) is 17.2 Å². The van der Waals surface area contributed by atoms with Crippen LogP contribution in [0.3, 0.4) is 0 Å². The van der Waals surface area contributed by atoms with Gasteiger partial charge in [0, 0.05) is 0 Å². The van der Waals surface area contributed by atoms with E-state index in [1.54, 1.807) is 7.11 Å². The van der Waals surface area contributed by atoms with Crippen molar-refractivity contribution in [3.05, 3.63) is 17.7 Å². The van der Waals surface area contributed by atoms with Gasteiger partial charge in [-0.05, 0) is 18.1 Å². The van der Waals surface area contributed by atoms with Gasteiger partial charge < -0.3 is 14.2 Å². The number of aryl methyl sites for hydroxylation is 1. The second-order valence-electron chi connectivity index (χ2n) is 2.85. The summed E-state index contributed by atoms with van der Waals surface area (Å²) >= 11 is 0. The summed E-state index contributed by atoms with van der Waals surface area (Å²) in [5.74, 6) is 2.31. The number of benzene rings is 1. The van der Waals surface area contributed by atoms with Crippen molar-refractivity contribution in [2.24, 2.45) is 0 Å². The van der Waals surface area contributed by atoms with Crippen LogP contribution in [0.15, 0.2) is 12.1 Å². The zero-order valence-corrected chi connectivity index (χ0v) is 7.79. The molecule has 2 rings (SSSR count). The van der Waals surface area contributed by atoms with Gasteiger partial charge in [0.05, 0.1) is 7.11 Å². The Morgan fingerprint density at radius 2 is 2.23 bits per heavy atom. The van der Waals surface area contributed by atoms with Crippen LogP contribution in [0.25, 0.3) is 0 Å². The molecule has 1 aliphatic rings. The fourth-order valence-corrected chi connectivity index (χ4v) is 1.49. The van der Waals surface area contributed by atoms with E-state index in [1.165, 1.54) is 0 Å². The maximum absolute atomic E-state index is 5.32. The van der Waals surface area contributed by atoms with Gasteiger partial charge in [-0.15, -0.1) is 0 Å². The molecule has 0 N–H and O–H groups in total. The second kappa shape index (κ2) is 3.17. The molecule has 3 heteroatoms. The van der Waals surface area contributed by atoms with Crippen molar-refractivity contribution in [1.82, 2.24) is 0 Å². The Bertz CT molecular complexity index is 320.